The van der Waals surface area contributed by atoms with E-state index < -0.39 is 0 Å². The third-order valence-electron chi connectivity index (χ3n) is 2.51. The van der Waals surface area contributed by atoms with Gasteiger partial charge in [-0.15, -0.1) is 11.3 Å². The number of carbonyl (C=O) groups excluding carboxylic acids is 1. The maximum Gasteiger partial charge on any atom is 0.272 e. The number of carbonyl (C=O) groups is 1. The molecule has 0 radical (unpaired) electrons. The normalized spacial score (nSPS) is 10.8. The molecule has 1 heterocycles. The molecule has 2 rings (SSSR count). The van der Waals surface area contributed by atoms with Crippen LogP contribution >= 0.6 is 27.3 Å². The minimum absolute atomic E-state index is 0.226. The van der Waals surface area contributed by atoms with Crippen LogP contribution in [-0.2, 0) is 6.42 Å². The number of nitrogens with zero attached hydrogens (tertiary/aromatic N) is 1. The molecule has 1 aromatic carbocycles. The van der Waals surface area contributed by atoms with Crippen molar-refractivity contribution in [3.8, 4) is 0 Å². The fourth-order valence-corrected chi connectivity index (χ4v) is 2.80. The van der Waals surface area contributed by atoms with Crippen LogP contribution in [0.15, 0.2) is 46.0 Å². The van der Waals surface area contributed by atoms with E-state index in [1.54, 1.807) is 23.6 Å². The highest BCUT2D eigenvalue weighted by atomic mass is 79.9. The molecule has 5 heteroatoms. The van der Waals surface area contributed by atoms with Crippen molar-refractivity contribution in [2.24, 2.45) is 5.10 Å². The first-order valence-electron chi connectivity index (χ1n) is 5.87. The summed E-state index contributed by atoms with van der Waals surface area (Å²) in [6.07, 6.45) is 2.68. The summed E-state index contributed by atoms with van der Waals surface area (Å²) in [6.45, 7) is 2.11. The van der Waals surface area contributed by atoms with Crippen LogP contribution in [0.1, 0.15) is 27.0 Å². The first-order chi connectivity index (χ1) is 9.20. The van der Waals surface area contributed by atoms with Crippen LogP contribution in [0.25, 0.3) is 0 Å². The van der Waals surface area contributed by atoms with Gasteiger partial charge in [0.05, 0.1) is 11.8 Å². The van der Waals surface area contributed by atoms with Gasteiger partial charge in [-0.3, -0.25) is 4.79 Å². The number of rotatable bonds is 4. The highest BCUT2D eigenvalue weighted by Crippen LogP contribution is 2.16. The summed E-state index contributed by atoms with van der Waals surface area (Å²) in [5.41, 5.74) is 3.09. The van der Waals surface area contributed by atoms with Crippen LogP contribution in [0.4, 0.5) is 0 Å². The molecule has 0 aliphatic carbocycles. The number of thiophene rings is 1. The lowest BCUT2D eigenvalue weighted by Crippen LogP contribution is -2.17. The molecule has 1 amide bonds. The summed E-state index contributed by atoms with van der Waals surface area (Å²) >= 11 is 5.01. The van der Waals surface area contributed by atoms with Gasteiger partial charge in [-0.1, -0.05) is 19.1 Å². The number of amides is 1. The number of hydrogen-bond donors (Lipinski definition) is 1. The number of halogens is 1. The van der Waals surface area contributed by atoms with Gasteiger partial charge < -0.3 is 0 Å². The quantitative estimate of drug-likeness (QED) is 0.668. The Bertz CT molecular complexity index is 607. The van der Waals surface area contributed by atoms with Crippen LogP contribution in [0.3, 0.4) is 0 Å². The topological polar surface area (TPSA) is 41.5 Å². The molecule has 0 atom stereocenters. The molecule has 1 N–H and O–H groups in total. The lowest BCUT2D eigenvalue weighted by atomic mass is 10.2. The zero-order valence-corrected chi connectivity index (χ0v) is 12.8. The molecule has 0 aliphatic rings. The third-order valence-corrected chi connectivity index (χ3v) is 4.36. The Morgan fingerprint density at radius 3 is 2.84 bits per heavy atom. The lowest BCUT2D eigenvalue weighted by molar-refractivity contribution is 0.0954. The molecule has 0 spiro atoms. The Morgan fingerprint density at radius 2 is 2.16 bits per heavy atom. The Balaban J connectivity index is 1.99. The van der Waals surface area contributed by atoms with Crippen molar-refractivity contribution in [1.29, 1.82) is 0 Å². The van der Waals surface area contributed by atoms with Crippen LogP contribution in [0.5, 0.6) is 0 Å². The molecule has 19 heavy (non-hydrogen) atoms. The predicted octanol–water partition coefficient (Wildman–Crippen LogP) is 3.84. The molecule has 1 aromatic heterocycles. The smallest absolute Gasteiger partial charge is 0.267 e. The highest BCUT2D eigenvalue weighted by molar-refractivity contribution is 9.10. The van der Waals surface area contributed by atoms with Crippen LogP contribution in [0, 0.1) is 0 Å². The van der Waals surface area contributed by atoms with Crippen LogP contribution in [-0.4, -0.2) is 12.1 Å². The van der Waals surface area contributed by atoms with Crippen molar-refractivity contribution in [2.45, 2.75) is 13.3 Å². The molecular weight excluding hydrogens is 324 g/mol. The fourth-order valence-electron chi connectivity index (χ4n) is 1.51. The SMILES string of the molecule is CCc1ccc(/C=N/NC(=O)c2ccccc2Br)s1. The highest BCUT2D eigenvalue weighted by Gasteiger charge is 2.07. The standard InChI is InChI=1S/C14H13BrN2OS/c1-2-10-7-8-11(19-10)9-16-17-14(18)12-5-3-4-6-13(12)15/h3-9H,2H2,1H3,(H,17,18)/b16-9+. The Hall–Kier alpha value is -1.46. The molecule has 0 bridgehead atoms. The molecule has 0 saturated heterocycles. The zero-order valence-electron chi connectivity index (χ0n) is 10.4. The predicted molar refractivity (Wildman–Crippen MR) is 82.9 cm³/mol. The number of hydrogen-bond acceptors (Lipinski definition) is 3. The second-order valence-electron chi connectivity index (χ2n) is 3.84. The van der Waals surface area contributed by atoms with E-state index in [9.17, 15) is 4.79 Å². The molecular formula is C14H13BrN2OS. The van der Waals surface area contributed by atoms with Crippen LogP contribution in [0.2, 0.25) is 0 Å². The van der Waals surface area contributed by atoms with Gasteiger partial charge in [-0.05, 0) is 46.6 Å². The van der Waals surface area contributed by atoms with E-state index >= 15 is 0 Å². The summed E-state index contributed by atoms with van der Waals surface area (Å²) in [5, 5.41) is 3.97. The summed E-state index contributed by atoms with van der Waals surface area (Å²) in [5.74, 6) is -0.226. The number of hydrazone groups is 1. The molecule has 0 unspecified atom stereocenters. The summed E-state index contributed by atoms with van der Waals surface area (Å²) in [7, 11) is 0. The number of aryl methyl sites for hydroxylation is 1. The van der Waals surface area contributed by atoms with Gasteiger partial charge in [0.15, 0.2) is 0 Å². The molecule has 3 nitrogen and oxygen atoms in total. The van der Waals surface area contributed by atoms with Gasteiger partial charge in [0.2, 0.25) is 0 Å². The summed E-state index contributed by atoms with van der Waals surface area (Å²) in [4.78, 5) is 14.2. The van der Waals surface area contributed by atoms with E-state index in [1.165, 1.54) is 4.88 Å². The van der Waals surface area contributed by atoms with Crippen LogP contribution < -0.4 is 5.43 Å². The van der Waals surface area contributed by atoms with Gasteiger partial charge >= 0.3 is 0 Å². The number of nitrogens with one attached hydrogen (secondary N) is 1. The number of benzene rings is 1. The fraction of sp³-hybridized carbons (Fsp3) is 0.143. The van der Waals surface area contributed by atoms with Gasteiger partial charge in [0.1, 0.15) is 0 Å². The van der Waals surface area contributed by atoms with Gasteiger partial charge in [0, 0.05) is 14.2 Å². The minimum atomic E-state index is -0.226. The Kier molecular flexibility index (Phi) is 4.87. The lowest BCUT2D eigenvalue weighted by Gasteiger charge is -2.01. The van der Waals surface area contributed by atoms with Crippen molar-refractivity contribution < 1.29 is 4.79 Å². The van der Waals surface area contributed by atoms with E-state index in [4.69, 9.17) is 0 Å². The molecule has 0 fully saturated rings. The average molecular weight is 337 g/mol. The second kappa shape index (κ2) is 6.63. The molecule has 0 saturated carbocycles. The second-order valence-corrected chi connectivity index (χ2v) is 5.89. The maximum atomic E-state index is 11.9. The van der Waals surface area contributed by atoms with Gasteiger partial charge in [-0.25, -0.2) is 5.43 Å². The van der Waals surface area contributed by atoms with Crippen molar-refractivity contribution >= 4 is 39.4 Å². The first kappa shape index (κ1) is 14.0. The third kappa shape index (κ3) is 3.75. The molecule has 0 aliphatic heterocycles. The van der Waals surface area contributed by atoms with E-state index in [-0.39, 0.29) is 5.91 Å². The van der Waals surface area contributed by atoms with E-state index in [0.29, 0.717) is 5.56 Å². The van der Waals surface area contributed by atoms with E-state index in [2.05, 4.69) is 39.4 Å². The van der Waals surface area contributed by atoms with E-state index in [1.807, 2.05) is 24.3 Å². The minimum Gasteiger partial charge on any atom is -0.267 e. The summed E-state index contributed by atoms with van der Waals surface area (Å²) in [6, 6.07) is 11.3. The Labute approximate surface area is 124 Å². The Morgan fingerprint density at radius 1 is 1.37 bits per heavy atom. The van der Waals surface area contributed by atoms with Gasteiger partial charge in [0.25, 0.3) is 5.91 Å². The summed E-state index contributed by atoms with van der Waals surface area (Å²) < 4.78 is 0.757. The molecule has 2 aromatic rings. The first-order valence-corrected chi connectivity index (χ1v) is 7.48. The largest absolute Gasteiger partial charge is 0.272 e. The molecule has 98 valence electrons. The average Bonchev–Trinajstić information content (AvgIpc) is 2.87. The van der Waals surface area contributed by atoms with Crippen molar-refractivity contribution in [1.82, 2.24) is 5.43 Å². The van der Waals surface area contributed by atoms with Crippen molar-refractivity contribution in [3.63, 3.8) is 0 Å². The van der Waals surface area contributed by atoms with Crippen molar-refractivity contribution in [3.05, 3.63) is 56.2 Å². The van der Waals surface area contributed by atoms with Gasteiger partial charge in [-0.2, -0.15) is 5.10 Å². The maximum absolute atomic E-state index is 11.9. The zero-order chi connectivity index (χ0) is 13.7. The monoisotopic (exact) mass is 336 g/mol. The van der Waals surface area contributed by atoms with Crippen molar-refractivity contribution in [2.75, 3.05) is 0 Å². The van der Waals surface area contributed by atoms with E-state index in [0.717, 1.165) is 15.8 Å².